The van der Waals surface area contributed by atoms with Crippen LogP contribution >= 0.6 is 12.6 Å². The number of carbonyl (C=O) groups is 3. The Balaban J connectivity index is 1.93. The molecule has 0 spiro atoms. The van der Waals surface area contributed by atoms with Crippen LogP contribution in [0, 0.1) is 6.92 Å². The SMILES string of the molecule is CCN(C(=O)C(CS)NC(=O)OC(C)(C)C)C(C(=O)Nc1ccc2ccccc2c1)c1ccccc1C. The van der Waals surface area contributed by atoms with Crippen molar-refractivity contribution in [1.29, 1.82) is 0 Å². The normalized spacial score (nSPS) is 12.9. The molecule has 0 radical (unpaired) electrons. The lowest BCUT2D eigenvalue weighted by Crippen LogP contribution is -2.53. The van der Waals surface area contributed by atoms with Crippen molar-refractivity contribution in [2.45, 2.75) is 52.3 Å². The largest absolute Gasteiger partial charge is 0.444 e. The molecule has 0 aliphatic heterocycles. The highest BCUT2D eigenvalue weighted by Gasteiger charge is 2.35. The van der Waals surface area contributed by atoms with Crippen LogP contribution in [0.15, 0.2) is 66.7 Å². The van der Waals surface area contributed by atoms with Crippen molar-refractivity contribution in [3.63, 3.8) is 0 Å². The summed E-state index contributed by atoms with van der Waals surface area (Å²) in [5.74, 6) is -0.735. The summed E-state index contributed by atoms with van der Waals surface area (Å²) in [6.45, 7) is 9.17. The van der Waals surface area contributed by atoms with Crippen molar-refractivity contribution in [2.24, 2.45) is 0 Å². The van der Waals surface area contributed by atoms with Gasteiger partial charge in [-0.1, -0.05) is 54.6 Å². The molecule has 3 aromatic carbocycles. The standard InChI is InChI=1S/C29H35N3O4S/c1-6-32(27(34)24(18-37)31-28(35)36-29(3,4)5)25(23-14-10-7-11-19(23)2)26(33)30-22-16-15-20-12-8-9-13-21(20)17-22/h7-17,24-25,37H,6,18H2,1-5H3,(H,30,33)(H,31,35). The number of carbonyl (C=O) groups excluding carboxylic acids is 3. The van der Waals surface area contributed by atoms with E-state index in [0.29, 0.717) is 11.3 Å². The summed E-state index contributed by atoms with van der Waals surface area (Å²) in [5.41, 5.74) is 1.48. The first-order chi connectivity index (χ1) is 17.5. The molecule has 3 rings (SSSR count). The molecule has 0 aromatic heterocycles. The van der Waals surface area contributed by atoms with Crippen molar-refractivity contribution in [3.05, 3.63) is 77.9 Å². The summed E-state index contributed by atoms with van der Waals surface area (Å²) < 4.78 is 5.33. The Hall–Kier alpha value is -3.52. The van der Waals surface area contributed by atoms with Gasteiger partial charge in [-0.25, -0.2) is 4.79 Å². The molecule has 2 unspecified atom stereocenters. The molecule has 0 aliphatic carbocycles. The number of likely N-dealkylation sites (N-methyl/N-ethyl adjacent to an activating group) is 1. The van der Waals surface area contributed by atoms with Crippen LogP contribution in [0.2, 0.25) is 0 Å². The molecular formula is C29H35N3O4S. The number of amides is 3. The molecule has 0 saturated heterocycles. The smallest absolute Gasteiger partial charge is 0.408 e. The van der Waals surface area contributed by atoms with Crippen LogP contribution in [0.3, 0.4) is 0 Å². The van der Waals surface area contributed by atoms with E-state index in [0.717, 1.165) is 16.3 Å². The van der Waals surface area contributed by atoms with Gasteiger partial charge in [-0.15, -0.1) is 0 Å². The molecule has 0 aliphatic rings. The van der Waals surface area contributed by atoms with E-state index in [1.807, 2.05) is 73.7 Å². The highest BCUT2D eigenvalue weighted by atomic mass is 32.1. The summed E-state index contributed by atoms with van der Waals surface area (Å²) in [5, 5.41) is 7.66. The first-order valence-electron chi connectivity index (χ1n) is 12.3. The van der Waals surface area contributed by atoms with E-state index in [-0.39, 0.29) is 18.2 Å². The van der Waals surface area contributed by atoms with Gasteiger partial charge >= 0.3 is 6.09 Å². The molecule has 2 N–H and O–H groups in total. The molecule has 0 fully saturated rings. The molecule has 0 heterocycles. The number of rotatable bonds is 8. The number of nitrogens with zero attached hydrogens (tertiary/aromatic N) is 1. The zero-order valence-corrected chi connectivity index (χ0v) is 22.8. The number of hydrogen-bond donors (Lipinski definition) is 3. The number of aryl methyl sites for hydroxylation is 1. The first kappa shape index (κ1) is 28.1. The number of thiol groups is 1. The monoisotopic (exact) mass is 521 g/mol. The second kappa shape index (κ2) is 12.1. The fourth-order valence-corrected chi connectivity index (χ4v) is 4.37. The Labute approximate surface area is 224 Å². The van der Waals surface area contributed by atoms with Gasteiger partial charge in [0, 0.05) is 18.0 Å². The average molecular weight is 522 g/mol. The molecule has 2 atom stereocenters. The van der Waals surface area contributed by atoms with E-state index in [1.165, 1.54) is 4.90 Å². The zero-order valence-electron chi connectivity index (χ0n) is 21.9. The second-order valence-electron chi connectivity index (χ2n) is 9.82. The molecule has 196 valence electrons. The maximum atomic E-state index is 13.8. The predicted molar refractivity (Wildman–Crippen MR) is 151 cm³/mol. The van der Waals surface area contributed by atoms with Gasteiger partial charge < -0.3 is 20.3 Å². The number of benzene rings is 3. The van der Waals surface area contributed by atoms with Crippen LogP contribution < -0.4 is 10.6 Å². The maximum absolute atomic E-state index is 13.8. The highest BCUT2D eigenvalue weighted by molar-refractivity contribution is 7.80. The number of alkyl carbamates (subject to hydrolysis) is 1. The Bertz CT molecular complexity index is 1270. The molecule has 0 saturated carbocycles. The summed E-state index contributed by atoms with van der Waals surface area (Å²) in [7, 11) is 0. The Morgan fingerprint density at radius 2 is 1.62 bits per heavy atom. The Morgan fingerprint density at radius 1 is 0.973 bits per heavy atom. The minimum absolute atomic E-state index is 0.0430. The van der Waals surface area contributed by atoms with Crippen molar-refractivity contribution in [2.75, 3.05) is 17.6 Å². The quantitative estimate of drug-likeness (QED) is 0.342. The molecule has 3 aromatic rings. The van der Waals surface area contributed by atoms with Crippen molar-refractivity contribution >= 4 is 47.0 Å². The van der Waals surface area contributed by atoms with Gasteiger partial charge in [-0.2, -0.15) is 12.6 Å². The number of ether oxygens (including phenoxy) is 1. The lowest BCUT2D eigenvalue weighted by Gasteiger charge is -2.34. The van der Waals surface area contributed by atoms with E-state index in [9.17, 15) is 14.4 Å². The van der Waals surface area contributed by atoms with Crippen LogP contribution in [0.4, 0.5) is 10.5 Å². The van der Waals surface area contributed by atoms with Crippen LogP contribution in [0.25, 0.3) is 10.8 Å². The zero-order chi connectivity index (χ0) is 27.2. The lowest BCUT2D eigenvalue weighted by molar-refractivity contribution is -0.140. The average Bonchev–Trinajstić information content (AvgIpc) is 2.84. The van der Waals surface area contributed by atoms with E-state index in [1.54, 1.807) is 27.7 Å². The third-order valence-electron chi connectivity index (χ3n) is 5.86. The molecular weight excluding hydrogens is 486 g/mol. The van der Waals surface area contributed by atoms with Gasteiger partial charge in [-0.05, 0) is 68.7 Å². The van der Waals surface area contributed by atoms with E-state index < -0.39 is 29.7 Å². The number of anilines is 1. The van der Waals surface area contributed by atoms with Crippen LogP contribution in [-0.4, -0.2) is 46.7 Å². The van der Waals surface area contributed by atoms with Gasteiger partial charge in [0.2, 0.25) is 5.91 Å². The number of fused-ring (bicyclic) bond motifs is 1. The van der Waals surface area contributed by atoms with Gasteiger partial charge in [0.15, 0.2) is 0 Å². The molecule has 3 amide bonds. The van der Waals surface area contributed by atoms with Crippen molar-refractivity contribution in [3.8, 4) is 0 Å². The van der Waals surface area contributed by atoms with Crippen LogP contribution in [0.1, 0.15) is 44.9 Å². The second-order valence-corrected chi connectivity index (χ2v) is 10.2. The van der Waals surface area contributed by atoms with E-state index in [2.05, 4.69) is 23.3 Å². The predicted octanol–water partition coefficient (Wildman–Crippen LogP) is 5.50. The summed E-state index contributed by atoms with van der Waals surface area (Å²) >= 11 is 4.30. The molecule has 7 nitrogen and oxygen atoms in total. The Morgan fingerprint density at radius 3 is 2.24 bits per heavy atom. The topological polar surface area (TPSA) is 87.7 Å². The third-order valence-corrected chi connectivity index (χ3v) is 6.22. The molecule has 0 bridgehead atoms. The van der Waals surface area contributed by atoms with Gasteiger partial charge in [-0.3, -0.25) is 9.59 Å². The van der Waals surface area contributed by atoms with E-state index in [4.69, 9.17) is 4.74 Å². The summed E-state index contributed by atoms with van der Waals surface area (Å²) in [6.07, 6.45) is -0.719. The highest BCUT2D eigenvalue weighted by Crippen LogP contribution is 2.28. The fraction of sp³-hybridized carbons (Fsp3) is 0.345. The van der Waals surface area contributed by atoms with Gasteiger partial charge in [0.1, 0.15) is 17.7 Å². The van der Waals surface area contributed by atoms with Crippen molar-refractivity contribution in [1.82, 2.24) is 10.2 Å². The molecule has 37 heavy (non-hydrogen) atoms. The minimum Gasteiger partial charge on any atom is -0.444 e. The summed E-state index contributed by atoms with van der Waals surface area (Å²) in [4.78, 5) is 41.4. The van der Waals surface area contributed by atoms with Gasteiger partial charge in [0.25, 0.3) is 5.91 Å². The lowest BCUT2D eigenvalue weighted by atomic mass is 9.98. The number of hydrogen-bond acceptors (Lipinski definition) is 5. The fourth-order valence-electron chi connectivity index (χ4n) is 4.12. The summed E-state index contributed by atoms with van der Waals surface area (Å²) in [6, 6.07) is 19.1. The number of nitrogens with one attached hydrogen (secondary N) is 2. The third kappa shape index (κ3) is 7.26. The molecule has 8 heteroatoms. The van der Waals surface area contributed by atoms with Gasteiger partial charge in [0.05, 0.1) is 0 Å². The Kier molecular flexibility index (Phi) is 9.21. The van der Waals surface area contributed by atoms with Crippen LogP contribution in [0.5, 0.6) is 0 Å². The maximum Gasteiger partial charge on any atom is 0.408 e. The van der Waals surface area contributed by atoms with Crippen LogP contribution in [-0.2, 0) is 14.3 Å². The van der Waals surface area contributed by atoms with E-state index >= 15 is 0 Å². The van der Waals surface area contributed by atoms with Crippen molar-refractivity contribution < 1.29 is 19.1 Å². The first-order valence-corrected chi connectivity index (χ1v) is 12.9. The minimum atomic E-state index is -0.974.